The third-order valence-electron chi connectivity index (χ3n) is 3.81. The molecule has 0 N–H and O–H groups in total. The van der Waals surface area contributed by atoms with Crippen LogP contribution in [0.2, 0.25) is 0 Å². The topological polar surface area (TPSA) is 26.3 Å². The normalized spacial score (nSPS) is 15.7. The van der Waals surface area contributed by atoms with Crippen molar-refractivity contribution in [1.82, 2.24) is 0 Å². The van der Waals surface area contributed by atoms with E-state index in [0.29, 0.717) is 11.6 Å². The van der Waals surface area contributed by atoms with Crippen LogP contribution in [0.4, 0.5) is 22.0 Å². The number of halogens is 5. The van der Waals surface area contributed by atoms with Gasteiger partial charge < -0.3 is 4.74 Å². The lowest BCUT2D eigenvalue weighted by Gasteiger charge is -2.12. The minimum absolute atomic E-state index is 0.00661. The van der Waals surface area contributed by atoms with Crippen LogP contribution < -0.4 is 4.74 Å². The third kappa shape index (κ3) is 2.74. The number of ether oxygens (including phenoxy) is 1. The summed E-state index contributed by atoms with van der Waals surface area (Å²) in [6.07, 6.45) is -3.74. The molecule has 0 spiro atoms. The highest BCUT2D eigenvalue weighted by Gasteiger charge is 2.48. The molecule has 0 aromatic heterocycles. The van der Waals surface area contributed by atoms with Gasteiger partial charge in [0.1, 0.15) is 17.3 Å². The number of carbonyl (C=O) groups is 1. The summed E-state index contributed by atoms with van der Waals surface area (Å²) < 4.78 is 71.6. The monoisotopic (exact) mass is 342 g/mol. The number of ketones is 1. The fourth-order valence-electron chi connectivity index (χ4n) is 2.71. The Hall–Kier alpha value is -2.44. The molecule has 0 unspecified atom stereocenters. The van der Waals surface area contributed by atoms with Gasteiger partial charge in [-0.15, -0.1) is 0 Å². The maximum absolute atomic E-state index is 13.7. The first kappa shape index (κ1) is 16.4. The fraction of sp³-hybridized carbons (Fsp3) is 0.235. The van der Waals surface area contributed by atoms with Crippen molar-refractivity contribution in [3.05, 3.63) is 58.4 Å². The smallest absolute Gasteiger partial charge is 0.313 e. The van der Waals surface area contributed by atoms with E-state index in [1.807, 2.05) is 0 Å². The van der Waals surface area contributed by atoms with Crippen LogP contribution in [0, 0.1) is 12.7 Å². The van der Waals surface area contributed by atoms with E-state index in [0.717, 1.165) is 12.1 Å². The van der Waals surface area contributed by atoms with Crippen LogP contribution in [0.15, 0.2) is 30.3 Å². The Balaban J connectivity index is 2.04. The Morgan fingerprint density at radius 3 is 2.54 bits per heavy atom. The number of carbonyl (C=O) groups excluding carboxylic acids is 1. The standard InChI is InChI=1S/C17H11F5O2/c1-8-2-3-13(12-7-17(21,22)15(23)14(8)12)24-11-5-9(16(19)20)4-10(18)6-11/h2-6,16H,7H2,1H3. The second kappa shape index (κ2) is 5.58. The molecule has 0 heterocycles. The molecule has 2 aromatic rings. The molecule has 3 rings (SSSR count). The molecule has 1 aliphatic rings. The molecule has 0 saturated heterocycles. The Bertz CT molecular complexity index is 830. The number of fused-ring (bicyclic) bond motifs is 1. The van der Waals surface area contributed by atoms with Gasteiger partial charge in [0.05, 0.1) is 0 Å². The lowest BCUT2D eigenvalue weighted by Crippen LogP contribution is -2.24. The van der Waals surface area contributed by atoms with Crippen LogP contribution in [0.1, 0.15) is 33.5 Å². The second-order valence-electron chi connectivity index (χ2n) is 5.57. The summed E-state index contributed by atoms with van der Waals surface area (Å²) in [6, 6.07) is 5.23. The van der Waals surface area contributed by atoms with Crippen molar-refractivity contribution in [1.29, 1.82) is 0 Å². The summed E-state index contributed by atoms with van der Waals surface area (Å²) in [6.45, 7) is 1.51. The largest absolute Gasteiger partial charge is 0.457 e. The number of hydrogen-bond acceptors (Lipinski definition) is 2. The fourth-order valence-corrected chi connectivity index (χ4v) is 2.71. The number of alkyl halides is 4. The zero-order valence-electron chi connectivity index (χ0n) is 12.4. The number of rotatable bonds is 3. The van der Waals surface area contributed by atoms with E-state index in [-0.39, 0.29) is 22.6 Å². The van der Waals surface area contributed by atoms with Crippen molar-refractivity contribution < 1.29 is 31.5 Å². The first-order chi connectivity index (χ1) is 11.2. The van der Waals surface area contributed by atoms with Gasteiger partial charge in [-0.05, 0) is 30.7 Å². The van der Waals surface area contributed by atoms with Gasteiger partial charge in [-0.1, -0.05) is 6.07 Å². The van der Waals surface area contributed by atoms with Crippen LogP contribution in [-0.2, 0) is 6.42 Å². The molecule has 24 heavy (non-hydrogen) atoms. The van der Waals surface area contributed by atoms with Gasteiger partial charge in [0.2, 0.25) is 5.78 Å². The van der Waals surface area contributed by atoms with Gasteiger partial charge in [0.15, 0.2) is 0 Å². The van der Waals surface area contributed by atoms with Gasteiger partial charge in [-0.3, -0.25) is 4.79 Å². The average Bonchev–Trinajstić information content (AvgIpc) is 2.73. The molecule has 126 valence electrons. The van der Waals surface area contributed by atoms with Crippen molar-refractivity contribution in [3.63, 3.8) is 0 Å². The highest BCUT2D eigenvalue weighted by Crippen LogP contribution is 2.42. The van der Waals surface area contributed by atoms with Gasteiger partial charge in [0.25, 0.3) is 6.43 Å². The van der Waals surface area contributed by atoms with Crippen molar-refractivity contribution >= 4 is 5.78 Å². The molecule has 0 amide bonds. The van der Waals surface area contributed by atoms with E-state index in [4.69, 9.17) is 4.74 Å². The number of Topliss-reactive ketones (excluding diaryl/α,β-unsaturated/α-hetero) is 1. The first-order valence-corrected chi connectivity index (χ1v) is 7.00. The van der Waals surface area contributed by atoms with Crippen LogP contribution in [0.25, 0.3) is 0 Å². The second-order valence-corrected chi connectivity index (χ2v) is 5.57. The predicted octanol–water partition coefficient (Wildman–Crippen LogP) is 5.24. The summed E-state index contributed by atoms with van der Waals surface area (Å²) in [5.41, 5.74) is -0.363. The van der Waals surface area contributed by atoms with Crippen LogP contribution in [-0.4, -0.2) is 11.7 Å². The summed E-state index contributed by atoms with van der Waals surface area (Å²) in [7, 11) is 0. The minimum Gasteiger partial charge on any atom is -0.457 e. The molecule has 0 atom stereocenters. The molecule has 7 heteroatoms. The Kier molecular flexibility index (Phi) is 3.81. The molecule has 0 bridgehead atoms. The maximum Gasteiger partial charge on any atom is 0.313 e. The molecule has 0 fully saturated rings. The molecule has 0 radical (unpaired) electrons. The average molecular weight is 342 g/mol. The summed E-state index contributed by atoms with van der Waals surface area (Å²) >= 11 is 0. The number of hydrogen-bond donors (Lipinski definition) is 0. The Morgan fingerprint density at radius 1 is 1.17 bits per heavy atom. The van der Waals surface area contributed by atoms with Gasteiger partial charge >= 0.3 is 5.92 Å². The Morgan fingerprint density at radius 2 is 1.88 bits per heavy atom. The van der Waals surface area contributed by atoms with E-state index < -0.39 is 35.9 Å². The molecule has 0 aliphatic heterocycles. The molecule has 0 saturated carbocycles. The quantitative estimate of drug-likeness (QED) is 0.713. The van der Waals surface area contributed by atoms with E-state index >= 15 is 0 Å². The summed E-state index contributed by atoms with van der Waals surface area (Å²) in [5, 5.41) is 0. The summed E-state index contributed by atoms with van der Waals surface area (Å²) in [5.74, 6) is -6.10. The number of benzene rings is 2. The first-order valence-electron chi connectivity index (χ1n) is 7.00. The molecular weight excluding hydrogens is 331 g/mol. The lowest BCUT2D eigenvalue weighted by atomic mass is 10.0. The zero-order chi connectivity index (χ0) is 17.6. The highest BCUT2D eigenvalue weighted by atomic mass is 19.3. The molecular formula is C17H11F5O2. The van der Waals surface area contributed by atoms with E-state index in [9.17, 15) is 26.7 Å². The minimum atomic E-state index is -3.54. The van der Waals surface area contributed by atoms with Crippen LogP contribution in [0.3, 0.4) is 0 Å². The molecule has 2 aromatic carbocycles. The van der Waals surface area contributed by atoms with Crippen molar-refractivity contribution in [2.75, 3.05) is 0 Å². The van der Waals surface area contributed by atoms with Crippen molar-refractivity contribution in [3.8, 4) is 11.5 Å². The Labute approximate surface area is 133 Å². The van der Waals surface area contributed by atoms with Crippen molar-refractivity contribution in [2.45, 2.75) is 25.7 Å². The lowest BCUT2D eigenvalue weighted by molar-refractivity contribution is 0.0166. The van der Waals surface area contributed by atoms with Crippen molar-refractivity contribution in [2.24, 2.45) is 0 Å². The van der Waals surface area contributed by atoms with Crippen LogP contribution >= 0.6 is 0 Å². The van der Waals surface area contributed by atoms with Gasteiger partial charge in [-0.2, -0.15) is 8.78 Å². The van der Waals surface area contributed by atoms with E-state index in [1.54, 1.807) is 0 Å². The van der Waals surface area contributed by atoms with E-state index in [2.05, 4.69) is 0 Å². The summed E-state index contributed by atoms with van der Waals surface area (Å²) in [4.78, 5) is 11.8. The van der Waals surface area contributed by atoms with Crippen LogP contribution in [0.5, 0.6) is 11.5 Å². The van der Waals surface area contributed by atoms with Gasteiger partial charge in [0, 0.05) is 29.2 Å². The van der Waals surface area contributed by atoms with E-state index in [1.165, 1.54) is 19.1 Å². The maximum atomic E-state index is 13.7. The number of aryl methyl sites for hydroxylation is 1. The molecule has 1 aliphatic carbocycles. The van der Waals surface area contributed by atoms with Gasteiger partial charge in [-0.25, -0.2) is 13.2 Å². The molecule has 2 nitrogen and oxygen atoms in total. The SMILES string of the molecule is Cc1ccc(Oc2cc(F)cc(C(F)F)c2)c2c1C(=O)C(F)(F)C2. The zero-order valence-corrected chi connectivity index (χ0v) is 12.4. The highest BCUT2D eigenvalue weighted by molar-refractivity contribution is 6.07. The third-order valence-corrected chi connectivity index (χ3v) is 3.81. The predicted molar refractivity (Wildman–Crippen MR) is 75.6 cm³/mol.